The lowest BCUT2D eigenvalue weighted by atomic mass is 10.1. The lowest BCUT2D eigenvalue weighted by Crippen LogP contribution is -2.20. The molecule has 0 aliphatic heterocycles. The molecule has 0 spiro atoms. The minimum atomic E-state index is -4.28. The van der Waals surface area contributed by atoms with Gasteiger partial charge in [0.25, 0.3) is 0 Å². The highest BCUT2D eigenvalue weighted by atomic mass is 28.3. The van der Waals surface area contributed by atoms with Crippen molar-refractivity contribution < 1.29 is 17.9 Å². The van der Waals surface area contributed by atoms with E-state index in [0.29, 0.717) is 0 Å². The molecule has 0 aliphatic rings. The van der Waals surface area contributed by atoms with E-state index in [1.165, 1.54) is 0 Å². The number of halogens is 3. The third kappa shape index (κ3) is 7.18. The molecule has 1 rings (SSSR count). The van der Waals surface area contributed by atoms with Crippen molar-refractivity contribution >= 4 is 13.6 Å². The normalized spacial score (nSPS) is 13.7. The van der Waals surface area contributed by atoms with Crippen LogP contribution in [0.2, 0.25) is 19.6 Å². The van der Waals surface area contributed by atoms with E-state index in [1.54, 1.807) is 0 Å². The van der Waals surface area contributed by atoms with Gasteiger partial charge in [0.1, 0.15) is 6.61 Å². The van der Waals surface area contributed by atoms with Crippen molar-refractivity contribution in [3.05, 3.63) is 41.6 Å². The standard InChI is InChI=1S/C14H19F3OSi/c1-19(2,3)10-13(9-18-11-14(15,16)17)12-7-5-4-6-8-12/h4-8,10H,9,11H2,1-3H3/b13-10-. The lowest BCUT2D eigenvalue weighted by Gasteiger charge is -2.16. The topological polar surface area (TPSA) is 9.23 Å². The Bertz CT molecular complexity index is 419. The van der Waals surface area contributed by atoms with Crippen LogP contribution in [-0.2, 0) is 4.74 Å². The van der Waals surface area contributed by atoms with E-state index in [2.05, 4.69) is 25.3 Å². The number of ether oxygens (including phenoxy) is 1. The van der Waals surface area contributed by atoms with Gasteiger partial charge in [0, 0.05) is 0 Å². The average Bonchev–Trinajstić information content (AvgIpc) is 2.25. The summed E-state index contributed by atoms with van der Waals surface area (Å²) in [4.78, 5) is 0. The van der Waals surface area contributed by atoms with E-state index >= 15 is 0 Å². The van der Waals surface area contributed by atoms with E-state index in [-0.39, 0.29) is 6.61 Å². The quantitative estimate of drug-likeness (QED) is 0.723. The molecule has 0 saturated carbocycles. The molecule has 0 saturated heterocycles. The van der Waals surface area contributed by atoms with E-state index in [9.17, 15) is 13.2 Å². The van der Waals surface area contributed by atoms with Crippen molar-refractivity contribution in [2.24, 2.45) is 0 Å². The molecule has 0 bridgehead atoms. The van der Waals surface area contributed by atoms with Crippen LogP contribution in [0.3, 0.4) is 0 Å². The second-order valence-electron chi connectivity index (χ2n) is 5.51. The van der Waals surface area contributed by atoms with Crippen LogP contribution in [0.1, 0.15) is 5.56 Å². The van der Waals surface area contributed by atoms with E-state index in [4.69, 9.17) is 4.74 Å². The molecule has 0 aliphatic carbocycles. The molecule has 1 aromatic carbocycles. The summed E-state index contributed by atoms with van der Waals surface area (Å²) in [7, 11) is -1.52. The van der Waals surface area contributed by atoms with Gasteiger partial charge in [0.15, 0.2) is 0 Å². The fourth-order valence-corrected chi connectivity index (χ4v) is 2.96. The first-order valence-electron chi connectivity index (χ1n) is 6.09. The highest BCUT2D eigenvalue weighted by Crippen LogP contribution is 2.20. The van der Waals surface area contributed by atoms with Crippen LogP contribution in [0.4, 0.5) is 13.2 Å². The zero-order valence-electron chi connectivity index (χ0n) is 11.4. The third-order valence-corrected chi connectivity index (χ3v) is 3.49. The predicted octanol–water partition coefficient (Wildman–Crippen LogP) is 4.53. The van der Waals surface area contributed by atoms with Crippen LogP contribution < -0.4 is 0 Å². The molecular formula is C14H19F3OSi. The summed E-state index contributed by atoms with van der Waals surface area (Å²) in [6.45, 7) is 5.20. The number of hydrogen-bond donors (Lipinski definition) is 0. The van der Waals surface area contributed by atoms with Crippen molar-refractivity contribution in [1.82, 2.24) is 0 Å². The second kappa shape index (κ2) is 6.39. The van der Waals surface area contributed by atoms with Crippen LogP contribution in [-0.4, -0.2) is 27.5 Å². The van der Waals surface area contributed by atoms with Gasteiger partial charge in [-0.15, -0.1) is 0 Å². The minimum Gasteiger partial charge on any atom is -0.367 e. The Morgan fingerprint density at radius 1 is 1.16 bits per heavy atom. The van der Waals surface area contributed by atoms with Crippen LogP contribution in [0, 0.1) is 0 Å². The molecule has 1 aromatic rings. The highest BCUT2D eigenvalue weighted by Gasteiger charge is 2.27. The Morgan fingerprint density at radius 2 is 1.74 bits per heavy atom. The molecule has 5 heteroatoms. The number of rotatable bonds is 5. The summed E-state index contributed by atoms with van der Waals surface area (Å²) in [6, 6.07) is 9.41. The molecule has 0 atom stereocenters. The molecule has 106 valence electrons. The molecule has 0 radical (unpaired) electrons. The molecule has 0 heterocycles. The van der Waals surface area contributed by atoms with E-state index in [0.717, 1.165) is 11.1 Å². The zero-order chi connectivity index (χ0) is 14.5. The fourth-order valence-electron chi connectivity index (χ4n) is 1.66. The summed E-state index contributed by atoms with van der Waals surface area (Å²) in [5, 5.41) is 0. The molecule has 0 amide bonds. The van der Waals surface area contributed by atoms with Crippen molar-refractivity contribution in [1.29, 1.82) is 0 Å². The van der Waals surface area contributed by atoms with Crippen molar-refractivity contribution in [3.63, 3.8) is 0 Å². The highest BCUT2D eigenvalue weighted by molar-refractivity contribution is 6.81. The minimum absolute atomic E-state index is 0.00616. The largest absolute Gasteiger partial charge is 0.411 e. The Hall–Kier alpha value is -1.07. The summed E-state index contributed by atoms with van der Waals surface area (Å²) >= 11 is 0. The second-order valence-corrected chi connectivity index (χ2v) is 10.5. The number of hydrogen-bond acceptors (Lipinski definition) is 1. The van der Waals surface area contributed by atoms with Crippen molar-refractivity contribution in [3.8, 4) is 0 Å². The first-order chi connectivity index (χ1) is 8.67. The molecular weight excluding hydrogens is 269 g/mol. The van der Waals surface area contributed by atoms with Crippen LogP contribution >= 0.6 is 0 Å². The van der Waals surface area contributed by atoms with Gasteiger partial charge in [-0.3, -0.25) is 0 Å². The Morgan fingerprint density at radius 3 is 2.21 bits per heavy atom. The fraction of sp³-hybridized carbons (Fsp3) is 0.429. The van der Waals surface area contributed by atoms with Crippen LogP contribution in [0.15, 0.2) is 36.0 Å². The summed E-state index contributed by atoms with van der Waals surface area (Å²) in [5.74, 6) is 0. The Labute approximate surface area is 113 Å². The molecule has 0 unspecified atom stereocenters. The summed E-state index contributed by atoms with van der Waals surface area (Å²) in [6.07, 6.45) is -4.28. The lowest BCUT2D eigenvalue weighted by molar-refractivity contribution is -0.170. The third-order valence-electron chi connectivity index (χ3n) is 2.28. The molecule has 0 fully saturated rings. The van der Waals surface area contributed by atoms with Gasteiger partial charge >= 0.3 is 6.18 Å². The number of alkyl halides is 3. The van der Waals surface area contributed by atoms with Gasteiger partial charge in [-0.2, -0.15) is 13.2 Å². The van der Waals surface area contributed by atoms with Gasteiger partial charge < -0.3 is 4.74 Å². The van der Waals surface area contributed by atoms with Crippen LogP contribution in [0.5, 0.6) is 0 Å². The monoisotopic (exact) mass is 288 g/mol. The van der Waals surface area contributed by atoms with Gasteiger partial charge in [-0.1, -0.05) is 55.7 Å². The van der Waals surface area contributed by atoms with E-state index in [1.807, 2.05) is 30.3 Å². The average molecular weight is 288 g/mol. The molecule has 0 N–H and O–H groups in total. The maximum Gasteiger partial charge on any atom is 0.411 e. The van der Waals surface area contributed by atoms with E-state index < -0.39 is 20.9 Å². The molecule has 1 nitrogen and oxygen atoms in total. The first kappa shape index (κ1) is 16.0. The smallest absolute Gasteiger partial charge is 0.367 e. The molecule has 0 aromatic heterocycles. The van der Waals surface area contributed by atoms with Crippen molar-refractivity contribution in [2.45, 2.75) is 25.8 Å². The van der Waals surface area contributed by atoms with Gasteiger partial charge in [0.2, 0.25) is 0 Å². The van der Waals surface area contributed by atoms with Crippen LogP contribution in [0.25, 0.3) is 5.57 Å². The maximum absolute atomic E-state index is 12.1. The predicted molar refractivity (Wildman–Crippen MR) is 74.6 cm³/mol. The van der Waals surface area contributed by atoms with Gasteiger partial charge in [0.05, 0.1) is 14.7 Å². The van der Waals surface area contributed by atoms with Gasteiger partial charge in [-0.05, 0) is 11.1 Å². The Kier molecular flexibility index (Phi) is 5.37. The molecule has 19 heavy (non-hydrogen) atoms. The maximum atomic E-state index is 12.1. The van der Waals surface area contributed by atoms with Gasteiger partial charge in [-0.25, -0.2) is 0 Å². The SMILES string of the molecule is C[Si](C)(C)/C=C(/COCC(F)(F)F)c1ccccc1. The van der Waals surface area contributed by atoms with Crippen molar-refractivity contribution in [2.75, 3.05) is 13.2 Å². The summed E-state index contributed by atoms with van der Waals surface area (Å²) < 4.78 is 41.1. The number of benzene rings is 1. The zero-order valence-corrected chi connectivity index (χ0v) is 12.4. The first-order valence-corrected chi connectivity index (χ1v) is 9.67. The Balaban J connectivity index is 2.81. The summed E-state index contributed by atoms with van der Waals surface area (Å²) in [5.41, 5.74) is 3.84.